The Bertz CT molecular complexity index is 1050. The van der Waals surface area contributed by atoms with Crippen LogP contribution in [-0.4, -0.2) is 21.4 Å². The van der Waals surface area contributed by atoms with Crippen LogP contribution in [0.4, 0.5) is 5.69 Å². The molecule has 0 radical (unpaired) electrons. The summed E-state index contributed by atoms with van der Waals surface area (Å²) in [6.07, 6.45) is 1.15. The summed E-state index contributed by atoms with van der Waals surface area (Å²) in [5.41, 5.74) is 1.59. The first-order valence-electron chi connectivity index (χ1n) is 7.44. The molecule has 128 valence electrons. The second kappa shape index (κ2) is 6.48. The molecule has 0 fully saturated rings. The van der Waals surface area contributed by atoms with E-state index in [1.807, 2.05) is 25.1 Å². The number of amides is 1. The Hall–Kier alpha value is -3.00. The van der Waals surface area contributed by atoms with E-state index in [9.17, 15) is 19.5 Å². The molecular weight excluding hydrogens is 342 g/mol. The van der Waals surface area contributed by atoms with Crippen LogP contribution in [0.25, 0.3) is 10.2 Å². The highest BCUT2D eigenvalue weighted by Gasteiger charge is 2.20. The number of aliphatic carboxylic acids is 1. The van der Waals surface area contributed by atoms with Gasteiger partial charge < -0.3 is 15.2 Å². The molecule has 0 unspecified atom stereocenters. The number of carbonyl (C=O) groups is 2. The summed E-state index contributed by atoms with van der Waals surface area (Å²) in [5, 5.41) is 13.8. The van der Waals surface area contributed by atoms with Crippen molar-refractivity contribution >= 4 is 39.1 Å². The quantitative estimate of drug-likeness (QED) is 0.753. The fourth-order valence-electron chi connectivity index (χ4n) is 2.52. The molecule has 0 spiro atoms. The number of anilines is 1. The van der Waals surface area contributed by atoms with Gasteiger partial charge in [0.1, 0.15) is 4.83 Å². The van der Waals surface area contributed by atoms with Gasteiger partial charge in [-0.15, -0.1) is 11.3 Å². The number of rotatable bonds is 4. The third kappa shape index (κ3) is 3.16. The van der Waals surface area contributed by atoms with Gasteiger partial charge >= 0.3 is 0 Å². The van der Waals surface area contributed by atoms with Crippen LogP contribution in [0.1, 0.15) is 20.8 Å². The van der Waals surface area contributed by atoms with Gasteiger partial charge in [0, 0.05) is 5.69 Å². The number of benzene rings is 1. The Labute approximate surface area is 146 Å². The molecule has 3 aromatic rings. The number of nitrogens with zero attached hydrogens (tertiary/aromatic N) is 2. The molecule has 0 aliphatic heterocycles. The average Bonchev–Trinajstić information content (AvgIpc) is 2.89. The molecule has 2 aromatic heterocycles. The van der Waals surface area contributed by atoms with Crippen LogP contribution >= 0.6 is 11.3 Å². The molecule has 0 saturated carbocycles. The maximum atomic E-state index is 12.6. The third-order valence-corrected chi connectivity index (χ3v) is 5.01. The van der Waals surface area contributed by atoms with Crippen LogP contribution in [0.5, 0.6) is 0 Å². The molecule has 0 aliphatic carbocycles. The summed E-state index contributed by atoms with van der Waals surface area (Å²) in [6.45, 7) is 2.95. The highest BCUT2D eigenvalue weighted by Crippen LogP contribution is 2.28. The van der Waals surface area contributed by atoms with Crippen LogP contribution in [0.3, 0.4) is 0 Å². The molecule has 3 rings (SSSR count). The summed E-state index contributed by atoms with van der Waals surface area (Å²) < 4.78 is 0.959. The zero-order valence-corrected chi connectivity index (χ0v) is 14.3. The summed E-state index contributed by atoms with van der Waals surface area (Å²) in [5.74, 6) is -1.71. The smallest absolute Gasteiger partial charge is 0.266 e. The molecule has 8 heteroatoms. The second-order valence-electron chi connectivity index (χ2n) is 5.56. The van der Waals surface area contributed by atoms with E-state index in [-0.39, 0.29) is 11.3 Å². The molecule has 7 nitrogen and oxygen atoms in total. The predicted molar refractivity (Wildman–Crippen MR) is 92.8 cm³/mol. The molecular formula is C17H14N3O4S-. The Morgan fingerprint density at radius 2 is 2.00 bits per heavy atom. The van der Waals surface area contributed by atoms with Crippen LogP contribution in [-0.2, 0) is 11.3 Å². The fraction of sp³-hybridized carbons (Fsp3) is 0.176. The first kappa shape index (κ1) is 16.8. The highest BCUT2D eigenvalue weighted by atomic mass is 32.1. The number of para-hydroxylation sites is 1. The zero-order valence-electron chi connectivity index (χ0n) is 13.5. The van der Waals surface area contributed by atoms with Crippen LogP contribution in [0, 0.1) is 13.8 Å². The van der Waals surface area contributed by atoms with E-state index in [2.05, 4.69) is 10.3 Å². The number of hydrogen-bond acceptors (Lipinski definition) is 6. The average molecular weight is 356 g/mol. The van der Waals surface area contributed by atoms with Gasteiger partial charge in [-0.25, -0.2) is 4.98 Å². The lowest BCUT2D eigenvalue weighted by molar-refractivity contribution is -0.306. The van der Waals surface area contributed by atoms with Crippen molar-refractivity contribution in [1.82, 2.24) is 9.55 Å². The largest absolute Gasteiger partial charge is 0.548 e. The van der Waals surface area contributed by atoms with Crippen LogP contribution in [0.2, 0.25) is 0 Å². The monoisotopic (exact) mass is 356 g/mol. The molecule has 0 bridgehead atoms. The molecule has 1 amide bonds. The number of carboxylic acid groups (broad SMARTS) is 1. The first-order valence-corrected chi connectivity index (χ1v) is 8.25. The van der Waals surface area contributed by atoms with Gasteiger partial charge in [-0.2, -0.15) is 0 Å². The van der Waals surface area contributed by atoms with E-state index in [4.69, 9.17) is 0 Å². The number of fused-ring (bicyclic) bond motifs is 1. The number of aryl methyl sites for hydroxylation is 2. The van der Waals surface area contributed by atoms with Crippen molar-refractivity contribution in [3.05, 3.63) is 57.0 Å². The number of carbonyl (C=O) groups excluding carboxylic acids is 2. The van der Waals surface area contributed by atoms with Gasteiger partial charge in [-0.3, -0.25) is 14.2 Å². The van der Waals surface area contributed by atoms with Gasteiger partial charge in [-0.05, 0) is 31.0 Å². The van der Waals surface area contributed by atoms with Crippen LogP contribution in [0.15, 0.2) is 35.4 Å². The van der Waals surface area contributed by atoms with E-state index in [1.165, 1.54) is 0 Å². The lowest BCUT2D eigenvalue weighted by Gasteiger charge is -2.07. The standard InChI is InChI=1S/C17H15N3O4S/c1-9-5-3-4-6-11(9)19-15(23)14-10(2)13-16(25-14)18-8-20(17(13)24)7-12(21)22/h3-6,8H,7H2,1-2H3,(H,19,23)(H,21,22)/p-1. The van der Waals surface area contributed by atoms with Crippen LogP contribution < -0.4 is 16.0 Å². The van der Waals surface area contributed by atoms with Crippen molar-refractivity contribution in [2.75, 3.05) is 5.32 Å². The predicted octanol–water partition coefficient (Wildman–Crippen LogP) is 1.08. The number of thiophene rings is 1. The summed E-state index contributed by atoms with van der Waals surface area (Å²) in [7, 11) is 0. The maximum absolute atomic E-state index is 12.6. The van der Waals surface area contributed by atoms with Crippen molar-refractivity contribution in [2.24, 2.45) is 0 Å². The summed E-state index contributed by atoms with van der Waals surface area (Å²) in [6, 6.07) is 7.37. The number of nitrogens with one attached hydrogen (secondary N) is 1. The third-order valence-electron chi connectivity index (χ3n) is 3.82. The van der Waals surface area contributed by atoms with E-state index in [0.29, 0.717) is 21.0 Å². The van der Waals surface area contributed by atoms with Gasteiger partial charge in [0.2, 0.25) is 0 Å². The lowest BCUT2D eigenvalue weighted by Crippen LogP contribution is -2.32. The van der Waals surface area contributed by atoms with E-state index >= 15 is 0 Å². The van der Waals surface area contributed by atoms with Crippen molar-refractivity contribution in [1.29, 1.82) is 0 Å². The van der Waals surface area contributed by atoms with E-state index in [1.54, 1.807) is 13.0 Å². The summed E-state index contributed by atoms with van der Waals surface area (Å²) in [4.78, 5) is 40.6. The van der Waals surface area contributed by atoms with Gasteiger partial charge in [0.15, 0.2) is 0 Å². The Kier molecular flexibility index (Phi) is 4.37. The molecule has 1 N–H and O–H groups in total. The number of hydrogen-bond donors (Lipinski definition) is 1. The highest BCUT2D eigenvalue weighted by molar-refractivity contribution is 7.20. The number of aromatic nitrogens is 2. The van der Waals surface area contributed by atoms with Gasteiger partial charge in [0.25, 0.3) is 11.5 Å². The Morgan fingerprint density at radius 1 is 1.28 bits per heavy atom. The van der Waals surface area contributed by atoms with Crippen molar-refractivity contribution in [2.45, 2.75) is 20.4 Å². The minimum atomic E-state index is -1.38. The minimum absolute atomic E-state index is 0.253. The van der Waals surface area contributed by atoms with Gasteiger partial charge in [0.05, 0.1) is 29.1 Å². The molecule has 0 saturated heterocycles. The van der Waals surface area contributed by atoms with E-state index < -0.39 is 18.1 Å². The minimum Gasteiger partial charge on any atom is -0.548 e. The normalized spacial score (nSPS) is 10.8. The molecule has 25 heavy (non-hydrogen) atoms. The van der Waals surface area contributed by atoms with Crippen molar-refractivity contribution in [3.63, 3.8) is 0 Å². The second-order valence-corrected chi connectivity index (χ2v) is 6.55. The Morgan fingerprint density at radius 3 is 2.68 bits per heavy atom. The fourth-order valence-corrected chi connectivity index (χ4v) is 3.55. The van der Waals surface area contributed by atoms with Crippen molar-refractivity contribution in [3.8, 4) is 0 Å². The molecule has 0 atom stereocenters. The lowest BCUT2D eigenvalue weighted by atomic mass is 10.2. The number of carboxylic acids is 1. The first-order chi connectivity index (χ1) is 11.9. The topological polar surface area (TPSA) is 104 Å². The van der Waals surface area contributed by atoms with Crippen molar-refractivity contribution < 1.29 is 14.7 Å². The molecule has 2 heterocycles. The molecule has 0 aliphatic rings. The Balaban J connectivity index is 2.03. The zero-order chi connectivity index (χ0) is 18.1. The maximum Gasteiger partial charge on any atom is 0.266 e. The van der Waals surface area contributed by atoms with Gasteiger partial charge in [-0.1, -0.05) is 18.2 Å². The molecule has 1 aromatic carbocycles. The summed E-state index contributed by atoms with van der Waals surface area (Å²) >= 11 is 1.10. The SMILES string of the molecule is Cc1ccccc1NC(=O)c1sc2ncn(CC(=O)[O-])c(=O)c2c1C. The van der Waals surface area contributed by atoms with E-state index in [0.717, 1.165) is 27.8 Å².